The number of furan rings is 1. The predicted octanol–water partition coefficient (Wildman–Crippen LogP) is 7.17. The van der Waals surface area contributed by atoms with E-state index >= 15 is 0 Å². The molecule has 0 saturated carbocycles. The summed E-state index contributed by atoms with van der Waals surface area (Å²) >= 11 is 0. The number of aliphatic hydroxyl groups excluding tert-OH is 1. The molecule has 0 saturated heterocycles. The van der Waals surface area contributed by atoms with Gasteiger partial charge in [-0.05, 0) is 71.3 Å². The zero-order chi connectivity index (χ0) is 38.2. The van der Waals surface area contributed by atoms with Gasteiger partial charge in [0.25, 0.3) is 11.8 Å². The van der Waals surface area contributed by atoms with E-state index in [-0.39, 0.29) is 32.1 Å². The number of carbonyl (C=O) groups excluding carboxylic acids is 3. The minimum atomic E-state index is -1.45. The van der Waals surface area contributed by atoms with E-state index < -0.39 is 53.5 Å². The van der Waals surface area contributed by atoms with Gasteiger partial charge in [0.05, 0.1) is 12.0 Å². The zero-order valence-corrected chi connectivity index (χ0v) is 29.4. The highest BCUT2D eigenvalue weighted by Gasteiger charge is 2.35. The molecule has 2 amide bonds. The summed E-state index contributed by atoms with van der Waals surface area (Å²) in [6.07, 6.45) is 0.497. The third-order valence-electron chi connectivity index (χ3n) is 9.06. The Hall–Kier alpha value is -6.82. The number of benzene rings is 4. The van der Waals surface area contributed by atoms with E-state index in [0.717, 1.165) is 16.3 Å². The van der Waals surface area contributed by atoms with Gasteiger partial charge < -0.3 is 39.1 Å². The van der Waals surface area contributed by atoms with Crippen molar-refractivity contribution in [2.75, 3.05) is 18.7 Å². The molecule has 1 aliphatic rings. The Morgan fingerprint density at radius 2 is 1.63 bits per heavy atom. The van der Waals surface area contributed by atoms with Crippen LogP contribution in [-0.2, 0) is 32.1 Å². The van der Waals surface area contributed by atoms with Crippen molar-refractivity contribution in [2.24, 2.45) is 0 Å². The molecule has 2 atom stereocenters. The van der Waals surface area contributed by atoms with Crippen LogP contribution in [0.1, 0.15) is 46.7 Å². The van der Waals surface area contributed by atoms with Gasteiger partial charge in [0, 0.05) is 30.6 Å². The van der Waals surface area contributed by atoms with E-state index in [1.807, 2.05) is 54.6 Å². The monoisotopic (exact) mass is 730 g/mol. The maximum atomic E-state index is 14.5. The van der Waals surface area contributed by atoms with E-state index in [1.165, 1.54) is 11.0 Å². The largest absolute Gasteiger partial charge is 0.503 e. The molecule has 2 heterocycles. The summed E-state index contributed by atoms with van der Waals surface area (Å²) in [5.74, 6) is -4.12. The lowest BCUT2D eigenvalue weighted by molar-refractivity contribution is -0.143. The van der Waals surface area contributed by atoms with Crippen molar-refractivity contribution in [3.8, 4) is 11.5 Å². The molecule has 4 aromatic carbocycles. The zero-order valence-electron chi connectivity index (χ0n) is 29.4. The van der Waals surface area contributed by atoms with Crippen molar-refractivity contribution in [2.45, 2.75) is 38.3 Å². The maximum absolute atomic E-state index is 14.5. The normalized spacial score (nSPS) is 13.4. The molecule has 0 aliphatic carbocycles. The number of ether oxygens (including phenoxy) is 3. The molecule has 0 spiro atoms. The molecular formula is C42H38N2O10. The van der Waals surface area contributed by atoms with E-state index in [0.29, 0.717) is 28.5 Å². The van der Waals surface area contributed by atoms with E-state index in [9.17, 15) is 29.4 Å². The molecule has 12 nitrogen and oxygen atoms in total. The molecule has 54 heavy (non-hydrogen) atoms. The molecule has 6 rings (SSSR count). The van der Waals surface area contributed by atoms with Gasteiger partial charge in [0.15, 0.2) is 23.0 Å². The first-order chi connectivity index (χ1) is 26.1. The average molecular weight is 731 g/mol. The number of rotatable bonds is 15. The molecule has 2 unspecified atom stereocenters. The van der Waals surface area contributed by atoms with Gasteiger partial charge in [-0.1, -0.05) is 73.3 Å². The fraction of sp³-hybridized carbons (Fsp3) is 0.190. The van der Waals surface area contributed by atoms with Crippen LogP contribution in [-0.4, -0.2) is 58.3 Å². The molecule has 0 fully saturated rings. The molecule has 3 N–H and O–H groups in total. The second kappa shape index (κ2) is 16.7. The van der Waals surface area contributed by atoms with Crippen molar-refractivity contribution >= 4 is 40.2 Å². The first-order valence-electron chi connectivity index (χ1n) is 17.2. The number of esters is 1. The minimum absolute atomic E-state index is 0.0383. The lowest BCUT2D eigenvalue weighted by atomic mass is 9.86. The number of amides is 2. The molecule has 0 bridgehead atoms. The number of anilines is 1. The van der Waals surface area contributed by atoms with Crippen LogP contribution in [0.4, 0.5) is 5.69 Å². The standard InChI is InChI=1S/C42H38N2O10/c1-3-19-51-42(50)34(23-38(45)46)39(47)41(49)44(24-27-13-14-28-9-7-8-10-29(28)20-27)26(2)33(30-15-17-35-37(21-30)53-25-52-35)22-32-16-18-36(54-32)40(48)43-31-11-5-4-6-12-31/h3-18,20-21,26,33,47H,1,19,22-25H2,2H3,(H,43,48)(H,45,46). The molecule has 1 aromatic heterocycles. The molecule has 5 aromatic rings. The Bertz CT molecular complexity index is 2220. The number of carboxylic acids is 1. The highest BCUT2D eigenvalue weighted by Crippen LogP contribution is 2.38. The van der Waals surface area contributed by atoms with Crippen molar-refractivity contribution in [1.82, 2.24) is 4.90 Å². The summed E-state index contributed by atoms with van der Waals surface area (Å²) < 4.78 is 22.3. The van der Waals surface area contributed by atoms with Crippen molar-refractivity contribution in [3.63, 3.8) is 0 Å². The van der Waals surface area contributed by atoms with Gasteiger partial charge >= 0.3 is 11.9 Å². The number of carbonyl (C=O) groups is 4. The number of hydrogen-bond acceptors (Lipinski definition) is 9. The Morgan fingerprint density at radius 1 is 0.889 bits per heavy atom. The number of nitrogens with zero attached hydrogens (tertiary/aromatic N) is 1. The Labute approximate surface area is 310 Å². The number of hydrogen-bond donors (Lipinski definition) is 3. The first-order valence-corrected chi connectivity index (χ1v) is 17.2. The van der Waals surface area contributed by atoms with Crippen molar-refractivity contribution in [1.29, 1.82) is 0 Å². The predicted molar refractivity (Wildman–Crippen MR) is 199 cm³/mol. The lowest BCUT2D eigenvalue weighted by Crippen LogP contribution is -2.43. The quantitative estimate of drug-likeness (QED) is 0.0435. The van der Waals surface area contributed by atoms with Gasteiger partial charge in [-0.3, -0.25) is 14.4 Å². The molecule has 12 heteroatoms. The first kappa shape index (κ1) is 37.0. The topological polar surface area (TPSA) is 165 Å². The van der Waals surface area contributed by atoms with Crippen LogP contribution in [0.3, 0.4) is 0 Å². The van der Waals surface area contributed by atoms with Crippen LogP contribution >= 0.6 is 0 Å². The maximum Gasteiger partial charge on any atom is 0.338 e. The molecule has 1 aliphatic heterocycles. The molecule has 0 radical (unpaired) electrons. The molecular weight excluding hydrogens is 692 g/mol. The average Bonchev–Trinajstić information content (AvgIpc) is 3.86. The summed E-state index contributed by atoms with van der Waals surface area (Å²) in [6, 6.07) is 30.2. The lowest BCUT2D eigenvalue weighted by Gasteiger charge is -2.35. The van der Waals surface area contributed by atoms with E-state index in [4.69, 9.17) is 18.6 Å². The number of aliphatic hydroxyl groups is 1. The minimum Gasteiger partial charge on any atom is -0.503 e. The van der Waals surface area contributed by atoms with Crippen LogP contribution in [0, 0.1) is 0 Å². The van der Waals surface area contributed by atoms with E-state index in [2.05, 4.69) is 11.9 Å². The van der Waals surface area contributed by atoms with E-state index in [1.54, 1.807) is 55.5 Å². The summed E-state index contributed by atoms with van der Waals surface area (Å²) in [6.45, 7) is 5.01. The number of nitrogens with one attached hydrogen (secondary N) is 1. The van der Waals surface area contributed by atoms with Crippen LogP contribution in [0.5, 0.6) is 11.5 Å². The van der Waals surface area contributed by atoms with Crippen molar-refractivity contribution in [3.05, 3.63) is 150 Å². The third-order valence-corrected chi connectivity index (χ3v) is 9.06. The van der Waals surface area contributed by atoms with Gasteiger partial charge in [0.1, 0.15) is 12.4 Å². The van der Waals surface area contributed by atoms with Crippen LogP contribution < -0.4 is 14.8 Å². The van der Waals surface area contributed by atoms with Crippen molar-refractivity contribution < 1.29 is 48.0 Å². The fourth-order valence-electron chi connectivity index (χ4n) is 6.29. The summed E-state index contributed by atoms with van der Waals surface area (Å²) in [5.41, 5.74) is 1.32. The Kier molecular flexibility index (Phi) is 11.4. The second-order valence-corrected chi connectivity index (χ2v) is 12.6. The summed E-state index contributed by atoms with van der Waals surface area (Å²) in [5, 5.41) is 25.7. The van der Waals surface area contributed by atoms with Gasteiger partial charge in [-0.15, -0.1) is 0 Å². The third kappa shape index (κ3) is 8.61. The molecule has 276 valence electrons. The SMILES string of the molecule is C=CCOC(=O)C(CC(=O)O)=C(O)C(=O)N(Cc1ccc2ccccc2c1)C(C)C(Cc1ccc(C(=O)Nc2ccccc2)o1)c1ccc2c(c1)OCO2. The number of para-hydroxylation sites is 1. The van der Waals surface area contributed by atoms with Gasteiger partial charge in [-0.25, -0.2) is 4.79 Å². The van der Waals surface area contributed by atoms with Crippen LogP contribution in [0.15, 0.2) is 132 Å². The smallest absolute Gasteiger partial charge is 0.338 e. The summed E-state index contributed by atoms with van der Waals surface area (Å²) in [7, 11) is 0. The van der Waals surface area contributed by atoms with Gasteiger partial charge in [0.2, 0.25) is 6.79 Å². The highest BCUT2D eigenvalue weighted by atomic mass is 16.7. The Balaban J connectivity index is 1.40. The highest BCUT2D eigenvalue weighted by molar-refractivity contribution is 6.04. The number of fused-ring (bicyclic) bond motifs is 2. The van der Waals surface area contributed by atoms with Gasteiger partial charge in [-0.2, -0.15) is 0 Å². The number of carboxylic acid groups (broad SMARTS) is 1. The second-order valence-electron chi connectivity index (χ2n) is 12.6. The fourth-order valence-corrected chi connectivity index (χ4v) is 6.29. The van der Waals surface area contributed by atoms with Crippen LogP contribution in [0.25, 0.3) is 10.8 Å². The van der Waals surface area contributed by atoms with Crippen LogP contribution in [0.2, 0.25) is 0 Å². The summed E-state index contributed by atoms with van der Waals surface area (Å²) in [4.78, 5) is 53.7. The number of aliphatic carboxylic acids is 1. The Morgan fingerprint density at radius 3 is 2.39 bits per heavy atom.